The number of piperidine rings is 1. The lowest BCUT2D eigenvalue weighted by atomic mass is 9.85. The van der Waals surface area contributed by atoms with Crippen LogP contribution in [0, 0.1) is 5.82 Å². The first-order valence-corrected chi connectivity index (χ1v) is 12.9. The molecular formula is C28H25FN8O2. The first-order valence-electron chi connectivity index (χ1n) is 12.9. The Morgan fingerprint density at radius 3 is 2.56 bits per heavy atom. The maximum Gasteiger partial charge on any atom is 0.291 e. The fourth-order valence-corrected chi connectivity index (χ4v) is 6.44. The number of amides is 1. The minimum atomic E-state index is -0.307. The molecule has 3 N–H and O–H groups in total. The Labute approximate surface area is 222 Å². The highest BCUT2D eigenvalue weighted by molar-refractivity contribution is 6.00. The van der Waals surface area contributed by atoms with Crippen LogP contribution in [0.4, 0.5) is 10.2 Å². The number of ketones is 1. The molecule has 0 spiro atoms. The molecule has 5 aromatic rings. The highest BCUT2D eigenvalue weighted by Crippen LogP contribution is 2.45. The predicted octanol–water partition coefficient (Wildman–Crippen LogP) is 4.14. The standard InChI is InChI=1S/C28H25FN8O2/c1-14(38)23-24(18-10-20-6-7-21(11-18)36(20)28(39)26-31-13-32-35-26)34-27-22(12-33-37(27)25(23)30)16-3-2-15-4-5-19(29)9-17(15)8-16/h2-5,8-9,12-13,18,20-21H,6-7,10-11,30H2,1H3,(H,31,32,35)/t18?,20-,21?/m1/s1. The zero-order chi connectivity index (χ0) is 26.8. The van der Waals surface area contributed by atoms with Crippen LogP contribution in [0.25, 0.3) is 27.5 Å². The Morgan fingerprint density at radius 1 is 1.08 bits per heavy atom. The molecule has 196 valence electrons. The molecule has 2 unspecified atom stereocenters. The fraction of sp³-hybridized carbons (Fsp3) is 0.286. The number of Topliss-reactive ketones (excluding diaryl/α,β-unsaturated/α-hetero) is 1. The number of nitrogens with two attached hydrogens (primary N) is 1. The van der Waals surface area contributed by atoms with E-state index in [1.54, 1.807) is 12.3 Å². The summed E-state index contributed by atoms with van der Waals surface area (Å²) in [6.07, 6.45) is 6.09. The number of nitrogens with one attached hydrogen (secondary N) is 1. The van der Waals surface area contributed by atoms with Crippen LogP contribution >= 0.6 is 0 Å². The number of aromatic nitrogens is 6. The molecule has 0 aliphatic carbocycles. The number of carbonyl (C=O) groups excluding carboxylic acids is 2. The molecule has 7 rings (SSSR count). The quantitative estimate of drug-likeness (QED) is 0.337. The van der Waals surface area contributed by atoms with E-state index in [1.807, 2.05) is 23.1 Å². The van der Waals surface area contributed by atoms with Crippen LogP contribution in [0.5, 0.6) is 0 Å². The van der Waals surface area contributed by atoms with Gasteiger partial charge in [0.2, 0.25) is 5.82 Å². The van der Waals surface area contributed by atoms with Gasteiger partial charge in [0, 0.05) is 23.6 Å². The number of nitrogens with zero attached hydrogens (tertiary/aromatic N) is 6. The van der Waals surface area contributed by atoms with Gasteiger partial charge in [-0.15, -0.1) is 0 Å². The van der Waals surface area contributed by atoms with Crippen molar-refractivity contribution in [1.29, 1.82) is 0 Å². The van der Waals surface area contributed by atoms with Crippen molar-refractivity contribution in [3.8, 4) is 11.1 Å². The summed E-state index contributed by atoms with van der Waals surface area (Å²) in [5.74, 6) is -0.216. The third kappa shape index (κ3) is 3.68. The van der Waals surface area contributed by atoms with Crippen molar-refractivity contribution >= 4 is 33.9 Å². The second-order valence-electron chi connectivity index (χ2n) is 10.4. The van der Waals surface area contributed by atoms with E-state index in [9.17, 15) is 14.0 Å². The molecule has 2 bridgehead atoms. The number of fused-ring (bicyclic) bond motifs is 4. The SMILES string of the molecule is CC(=O)c1c(C2CC3CC[C@H](C2)N3C(=O)c2ncn[nH]2)nc2c(-c3ccc4ccc(F)cc4c3)cnn2c1N. The number of nitrogen functional groups attached to an aromatic ring is 1. The maximum absolute atomic E-state index is 13.9. The lowest BCUT2D eigenvalue weighted by molar-refractivity contribution is 0.0556. The van der Waals surface area contributed by atoms with Gasteiger partial charge in [-0.2, -0.15) is 14.7 Å². The van der Waals surface area contributed by atoms with E-state index in [4.69, 9.17) is 10.7 Å². The van der Waals surface area contributed by atoms with Crippen LogP contribution in [0.3, 0.4) is 0 Å². The van der Waals surface area contributed by atoms with Gasteiger partial charge in [-0.05, 0) is 67.1 Å². The third-order valence-electron chi connectivity index (χ3n) is 8.15. The zero-order valence-corrected chi connectivity index (χ0v) is 21.1. The number of halogens is 1. The minimum absolute atomic E-state index is 0.00479. The Balaban J connectivity index is 1.31. The molecule has 11 heteroatoms. The van der Waals surface area contributed by atoms with Crippen LogP contribution in [0.2, 0.25) is 0 Å². The average Bonchev–Trinajstić information content (AvgIpc) is 3.66. The first kappa shape index (κ1) is 23.4. The number of anilines is 1. The monoisotopic (exact) mass is 524 g/mol. The van der Waals surface area contributed by atoms with Gasteiger partial charge in [0.15, 0.2) is 11.4 Å². The summed E-state index contributed by atoms with van der Waals surface area (Å²) in [7, 11) is 0. The van der Waals surface area contributed by atoms with Crippen LogP contribution in [-0.2, 0) is 0 Å². The zero-order valence-electron chi connectivity index (χ0n) is 21.1. The smallest absolute Gasteiger partial charge is 0.291 e. The number of benzene rings is 2. The summed E-state index contributed by atoms with van der Waals surface area (Å²) in [5, 5.41) is 12.6. The summed E-state index contributed by atoms with van der Waals surface area (Å²) in [6.45, 7) is 1.49. The van der Waals surface area contributed by atoms with Crippen molar-refractivity contribution in [2.75, 3.05) is 5.73 Å². The normalized spacial score (nSPS) is 20.7. The van der Waals surface area contributed by atoms with Crippen LogP contribution in [0.1, 0.15) is 65.2 Å². The van der Waals surface area contributed by atoms with Gasteiger partial charge in [-0.1, -0.05) is 18.2 Å². The molecule has 3 aromatic heterocycles. The molecule has 2 saturated heterocycles. The lowest BCUT2D eigenvalue weighted by Crippen LogP contribution is -2.46. The second kappa shape index (κ2) is 8.69. The van der Waals surface area contributed by atoms with E-state index in [2.05, 4.69) is 20.3 Å². The molecule has 5 heterocycles. The molecule has 3 atom stereocenters. The number of aromatic amines is 1. The third-order valence-corrected chi connectivity index (χ3v) is 8.15. The number of hydrogen-bond donors (Lipinski definition) is 2. The van der Waals surface area contributed by atoms with E-state index >= 15 is 0 Å². The minimum Gasteiger partial charge on any atom is -0.383 e. The van der Waals surface area contributed by atoms with Crippen LogP contribution in [0.15, 0.2) is 48.9 Å². The van der Waals surface area contributed by atoms with Crippen LogP contribution < -0.4 is 5.73 Å². The first-order chi connectivity index (χ1) is 18.9. The van der Waals surface area contributed by atoms with Crippen molar-refractivity contribution in [2.45, 2.75) is 50.6 Å². The average molecular weight is 525 g/mol. The summed E-state index contributed by atoms with van der Waals surface area (Å²) in [6, 6.07) is 10.5. The molecule has 2 aliphatic heterocycles. The Hall–Kier alpha value is -4.67. The maximum atomic E-state index is 13.9. The number of carbonyl (C=O) groups is 2. The van der Waals surface area contributed by atoms with Crippen molar-refractivity contribution in [3.05, 3.63) is 71.8 Å². The summed E-state index contributed by atoms with van der Waals surface area (Å²) < 4.78 is 15.4. The molecule has 2 aliphatic rings. The van der Waals surface area contributed by atoms with Gasteiger partial charge in [-0.3, -0.25) is 14.7 Å². The summed E-state index contributed by atoms with van der Waals surface area (Å²) in [5.41, 5.74) is 9.68. The van der Waals surface area contributed by atoms with E-state index in [0.717, 1.165) is 34.7 Å². The van der Waals surface area contributed by atoms with Crippen molar-refractivity contribution in [3.63, 3.8) is 0 Å². The fourth-order valence-electron chi connectivity index (χ4n) is 6.44. The topological polar surface area (TPSA) is 135 Å². The molecule has 0 saturated carbocycles. The molecule has 10 nitrogen and oxygen atoms in total. The molecule has 2 aromatic carbocycles. The molecule has 0 radical (unpaired) electrons. The summed E-state index contributed by atoms with van der Waals surface area (Å²) >= 11 is 0. The Kier molecular flexibility index (Phi) is 5.22. The largest absolute Gasteiger partial charge is 0.383 e. The highest BCUT2D eigenvalue weighted by atomic mass is 19.1. The van der Waals surface area contributed by atoms with Gasteiger partial charge < -0.3 is 10.6 Å². The molecule has 2 fully saturated rings. The number of hydrogen-bond acceptors (Lipinski definition) is 7. The van der Waals surface area contributed by atoms with Gasteiger partial charge >= 0.3 is 0 Å². The lowest BCUT2D eigenvalue weighted by Gasteiger charge is -2.38. The Bertz CT molecular complexity index is 1770. The number of rotatable bonds is 4. The van der Waals surface area contributed by atoms with Crippen molar-refractivity contribution in [1.82, 2.24) is 34.7 Å². The second-order valence-corrected chi connectivity index (χ2v) is 10.4. The van der Waals surface area contributed by atoms with E-state index in [1.165, 1.54) is 29.9 Å². The summed E-state index contributed by atoms with van der Waals surface area (Å²) in [4.78, 5) is 36.9. The van der Waals surface area contributed by atoms with Gasteiger partial charge in [0.05, 0.1) is 17.5 Å². The number of H-pyrrole nitrogens is 1. The van der Waals surface area contributed by atoms with Crippen LogP contribution in [-0.4, -0.2) is 58.5 Å². The predicted molar refractivity (Wildman–Crippen MR) is 142 cm³/mol. The Morgan fingerprint density at radius 2 is 1.85 bits per heavy atom. The highest BCUT2D eigenvalue weighted by Gasteiger charge is 2.45. The van der Waals surface area contributed by atoms with Gasteiger partial charge in [0.25, 0.3) is 5.91 Å². The van der Waals surface area contributed by atoms with Crippen molar-refractivity contribution < 1.29 is 14.0 Å². The van der Waals surface area contributed by atoms with Crippen molar-refractivity contribution in [2.24, 2.45) is 0 Å². The van der Waals surface area contributed by atoms with E-state index < -0.39 is 0 Å². The molecule has 1 amide bonds. The van der Waals surface area contributed by atoms with Gasteiger partial charge in [0.1, 0.15) is 18.0 Å². The molecular weight excluding hydrogens is 499 g/mol. The van der Waals surface area contributed by atoms with E-state index in [0.29, 0.717) is 29.7 Å². The van der Waals surface area contributed by atoms with Gasteiger partial charge in [-0.25, -0.2) is 14.4 Å². The van der Waals surface area contributed by atoms with E-state index in [-0.39, 0.29) is 47.2 Å². The molecule has 39 heavy (non-hydrogen) atoms.